The number of carbonyl (C=O) groups is 1. The van der Waals surface area contributed by atoms with Gasteiger partial charge in [-0.1, -0.05) is 35.4 Å². The molecule has 0 saturated carbocycles. The summed E-state index contributed by atoms with van der Waals surface area (Å²) in [6.07, 6.45) is 0. The summed E-state index contributed by atoms with van der Waals surface area (Å²) < 4.78 is 27.5. The largest absolute Gasteiger partial charge is 0.322 e. The van der Waals surface area contributed by atoms with E-state index in [0.717, 1.165) is 11.1 Å². The summed E-state index contributed by atoms with van der Waals surface area (Å²) in [7, 11) is -3.69. The summed E-state index contributed by atoms with van der Waals surface area (Å²) in [5, 5.41) is 2.77. The molecule has 3 rings (SSSR count). The number of carbonyl (C=O) groups excluding carboxylic acids is 1. The van der Waals surface area contributed by atoms with Crippen LogP contribution in [0.4, 0.5) is 11.4 Å². The maximum atomic E-state index is 12.5. The first-order chi connectivity index (χ1) is 12.8. The minimum atomic E-state index is -3.69. The zero-order chi connectivity index (χ0) is 19.4. The summed E-state index contributed by atoms with van der Waals surface area (Å²) in [6, 6.07) is 20.4. The minimum Gasteiger partial charge on any atom is -0.322 e. The number of hydrogen-bond acceptors (Lipinski definition) is 3. The standard InChI is InChI=1S/C21H20N2O3S/c1-15-6-8-19(9-7-15)23-27(25,26)20-12-10-18(11-13-20)22-21(24)17-5-3-4-16(2)14-17/h3-14,23H,1-2H3,(H,22,24). The van der Waals surface area contributed by atoms with E-state index in [2.05, 4.69) is 10.0 Å². The second-order valence-corrected chi connectivity index (χ2v) is 8.00. The number of nitrogens with one attached hydrogen (secondary N) is 2. The van der Waals surface area contributed by atoms with Gasteiger partial charge in [-0.15, -0.1) is 0 Å². The van der Waals surface area contributed by atoms with Crippen LogP contribution in [0.2, 0.25) is 0 Å². The van der Waals surface area contributed by atoms with Crippen LogP contribution < -0.4 is 10.0 Å². The maximum absolute atomic E-state index is 12.5. The lowest BCUT2D eigenvalue weighted by Gasteiger charge is -2.10. The van der Waals surface area contributed by atoms with Crippen molar-refractivity contribution in [3.8, 4) is 0 Å². The van der Waals surface area contributed by atoms with E-state index in [1.54, 1.807) is 36.4 Å². The Morgan fingerprint density at radius 1 is 0.778 bits per heavy atom. The third-order valence-corrected chi connectivity index (χ3v) is 5.40. The van der Waals surface area contributed by atoms with Gasteiger partial charge < -0.3 is 5.32 Å². The molecule has 0 saturated heterocycles. The highest BCUT2D eigenvalue weighted by molar-refractivity contribution is 7.92. The second-order valence-electron chi connectivity index (χ2n) is 6.32. The fourth-order valence-electron chi connectivity index (χ4n) is 2.54. The average molecular weight is 380 g/mol. The molecule has 27 heavy (non-hydrogen) atoms. The number of hydrogen-bond donors (Lipinski definition) is 2. The molecule has 3 aromatic carbocycles. The molecule has 3 aromatic rings. The topological polar surface area (TPSA) is 75.3 Å². The average Bonchev–Trinajstić information content (AvgIpc) is 2.64. The molecule has 0 unspecified atom stereocenters. The van der Waals surface area contributed by atoms with Crippen LogP contribution in [-0.2, 0) is 10.0 Å². The van der Waals surface area contributed by atoms with E-state index in [-0.39, 0.29) is 10.8 Å². The van der Waals surface area contributed by atoms with E-state index in [1.807, 2.05) is 38.1 Å². The lowest BCUT2D eigenvalue weighted by molar-refractivity contribution is 0.102. The van der Waals surface area contributed by atoms with Gasteiger partial charge in [0, 0.05) is 16.9 Å². The third kappa shape index (κ3) is 4.74. The van der Waals surface area contributed by atoms with E-state index in [4.69, 9.17) is 0 Å². The Morgan fingerprint density at radius 2 is 1.41 bits per heavy atom. The van der Waals surface area contributed by atoms with Crippen LogP contribution in [-0.4, -0.2) is 14.3 Å². The van der Waals surface area contributed by atoms with Crippen molar-refractivity contribution in [3.05, 3.63) is 89.5 Å². The van der Waals surface area contributed by atoms with Crippen LogP contribution in [0.3, 0.4) is 0 Å². The van der Waals surface area contributed by atoms with Crippen molar-refractivity contribution in [2.24, 2.45) is 0 Å². The van der Waals surface area contributed by atoms with E-state index in [0.29, 0.717) is 16.9 Å². The number of aryl methyl sites for hydroxylation is 2. The predicted molar refractivity (Wildman–Crippen MR) is 108 cm³/mol. The Labute approximate surface area is 159 Å². The molecule has 138 valence electrons. The lowest BCUT2D eigenvalue weighted by atomic mass is 10.1. The smallest absolute Gasteiger partial charge is 0.261 e. The summed E-state index contributed by atoms with van der Waals surface area (Å²) in [5.74, 6) is -0.243. The normalized spacial score (nSPS) is 11.0. The number of amides is 1. The molecule has 0 aliphatic rings. The molecule has 0 aliphatic heterocycles. The van der Waals surface area contributed by atoms with Crippen molar-refractivity contribution in [1.82, 2.24) is 0 Å². The first-order valence-corrected chi connectivity index (χ1v) is 9.89. The molecule has 0 bridgehead atoms. The Morgan fingerprint density at radius 3 is 2.04 bits per heavy atom. The first-order valence-electron chi connectivity index (χ1n) is 8.41. The molecular weight excluding hydrogens is 360 g/mol. The molecule has 2 N–H and O–H groups in total. The molecular formula is C21H20N2O3S. The zero-order valence-corrected chi connectivity index (χ0v) is 15.9. The van der Waals surface area contributed by atoms with Crippen molar-refractivity contribution < 1.29 is 13.2 Å². The van der Waals surface area contributed by atoms with E-state index < -0.39 is 10.0 Å². The molecule has 0 aliphatic carbocycles. The zero-order valence-electron chi connectivity index (χ0n) is 15.1. The predicted octanol–water partition coefficient (Wildman–Crippen LogP) is 4.36. The van der Waals surface area contributed by atoms with Gasteiger partial charge in [-0.05, 0) is 62.4 Å². The van der Waals surface area contributed by atoms with Crippen LogP contribution in [0.15, 0.2) is 77.7 Å². The van der Waals surface area contributed by atoms with Crippen molar-refractivity contribution >= 4 is 27.3 Å². The van der Waals surface area contributed by atoms with Gasteiger partial charge in [0.15, 0.2) is 0 Å². The molecule has 0 fully saturated rings. The molecule has 6 heteroatoms. The lowest BCUT2D eigenvalue weighted by Crippen LogP contribution is -2.14. The van der Waals surface area contributed by atoms with Crippen LogP contribution >= 0.6 is 0 Å². The summed E-state index contributed by atoms with van der Waals surface area (Å²) >= 11 is 0. The van der Waals surface area contributed by atoms with Crippen LogP contribution in [0.25, 0.3) is 0 Å². The first kappa shape index (κ1) is 18.7. The highest BCUT2D eigenvalue weighted by atomic mass is 32.2. The van der Waals surface area contributed by atoms with Crippen LogP contribution in [0.1, 0.15) is 21.5 Å². The highest BCUT2D eigenvalue weighted by Gasteiger charge is 2.14. The summed E-state index contributed by atoms with van der Waals surface area (Å²) in [5.41, 5.74) is 3.61. The number of anilines is 2. The van der Waals surface area contributed by atoms with Gasteiger partial charge in [0.05, 0.1) is 4.90 Å². The molecule has 5 nitrogen and oxygen atoms in total. The molecule has 1 amide bonds. The van der Waals surface area contributed by atoms with Crippen molar-refractivity contribution in [2.45, 2.75) is 18.7 Å². The van der Waals surface area contributed by atoms with Crippen molar-refractivity contribution in [1.29, 1.82) is 0 Å². The molecule has 0 heterocycles. The van der Waals surface area contributed by atoms with Gasteiger partial charge in [0.2, 0.25) is 0 Å². The van der Waals surface area contributed by atoms with Crippen LogP contribution in [0, 0.1) is 13.8 Å². The van der Waals surface area contributed by atoms with Gasteiger partial charge in [0.25, 0.3) is 15.9 Å². The highest BCUT2D eigenvalue weighted by Crippen LogP contribution is 2.19. The van der Waals surface area contributed by atoms with E-state index >= 15 is 0 Å². The Balaban J connectivity index is 1.72. The molecule has 0 atom stereocenters. The molecule has 0 radical (unpaired) electrons. The Hall–Kier alpha value is -3.12. The van der Waals surface area contributed by atoms with Crippen molar-refractivity contribution in [3.63, 3.8) is 0 Å². The van der Waals surface area contributed by atoms with Gasteiger partial charge in [0.1, 0.15) is 0 Å². The molecule has 0 spiro atoms. The van der Waals surface area contributed by atoms with Gasteiger partial charge >= 0.3 is 0 Å². The number of benzene rings is 3. The van der Waals surface area contributed by atoms with Gasteiger partial charge in [-0.3, -0.25) is 9.52 Å². The van der Waals surface area contributed by atoms with E-state index in [9.17, 15) is 13.2 Å². The van der Waals surface area contributed by atoms with Crippen molar-refractivity contribution in [2.75, 3.05) is 10.0 Å². The van der Waals surface area contributed by atoms with Gasteiger partial charge in [-0.25, -0.2) is 8.42 Å². The van der Waals surface area contributed by atoms with Gasteiger partial charge in [-0.2, -0.15) is 0 Å². The SMILES string of the molecule is Cc1ccc(NS(=O)(=O)c2ccc(NC(=O)c3cccc(C)c3)cc2)cc1. The number of sulfonamides is 1. The Kier molecular flexibility index (Phi) is 5.28. The number of rotatable bonds is 5. The minimum absolute atomic E-state index is 0.122. The summed E-state index contributed by atoms with van der Waals surface area (Å²) in [6.45, 7) is 3.85. The van der Waals surface area contributed by atoms with E-state index in [1.165, 1.54) is 12.1 Å². The fourth-order valence-corrected chi connectivity index (χ4v) is 3.60. The van der Waals surface area contributed by atoms with Crippen LogP contribution in [0.5, 0.6) is 0 Å². The third-order valence-electron chi connectivity index (χ3n) is 4.01. The fraction of sp³-hybridized carbons (Fsp3) is 0.0952. The second kappa shape index (κ2) is 7.63. The quantitative estimate of drug-likeness (QED) is 0.691. The summed E-state index contributed by atoms with van der Waals surface area (Å²) in [4.78, 5) is 12.4. The Bertz CT molecular complexity index is 1060. The maximum Gasteiger partial charge on any atom is 0.261 e. The monoisotopic (exact) mass is 380 g/mol. The molecule has 0 aromatic heterocycles.